The molecule has 71 heavy (non-hydrogen) atoms. The van der Waals surface area contributed by atoms with Crippen LogP contribution in [0.4, 0.5) is 0 Å². The van der Waals surface area contributed by atoms with Crippen LogP contribution in [0, 0.1) is 0 Å². The van der Waals surface area contributed by atoms with Crippen molar-refractivity contribution in [3.05, 3.63) is 97.2 Å². The topological polar surface area (TPSA) is 78.9 Å². The summed E-state index contributed by atoms with van der Waals surface area (Å²) in [6, 6.07) is 0. The third-order valence-corrected chi connectivity index (χ3v) is 12.6. The van der Waals surface area contributed by atoms with Gasteiger partial charge in [-0.3, -0.25) is 14.4 Å². The van der Waals surface area contributed by atoms with E-state index in [9.17, 15) is 14.4 Å². The van der Waals surface area contributed by atoms with Crippen LogP contribution in [0.1, 0.15) is 278 Å². The molecule has 1 unspecified atom stereocenters. The fourth-order valence-corrected chi connectivity index (χ4v) is 8.12. The van der Waals surface area contributed by atoms with Crippen molar-refractivity contribution in [3.8, 4) is 0 Å². The molecule has 0 heterocycles. The van der Waals surface area contributed by atoms with Gasteiger partial charge < -0.3 is 14.2 Å². The number of carbonyl (C=O) groups excluding carboxylic acids is 3. The summed E-state index contributed by atoms with van der Waals surface area (Å²) in [5.41, 5.74) is 0. The second-order valence-corrected chi connectivity index (χ2v) is 19.5. The standard InChI is InChI=1S/C65H110O6/c1-4-7-10-13-16-19-22-24-26-28-29-30-31-32-33-34-35-37-38-40-43-46-49-52-55-58-64(67)70-61-62(60-69-63(66)57-54-51-48-45-42-21-18-15-12-9-6-3)71-65(68)59-56-53-50-47-44-41-39-36-27-25-23-20-17-14-11-8-5-2/h7,10,16,19,24-27,29-30,32-33,35,37,40,43,62H,4-6,8-9,11-15,17-18,20-23,28,31,34,36,38-39,41-42,44-61H2,1-3H3/b10-7-,19-16-,26-24-,27-25-,30-29-,33-32-,37-35-,43-40-. The molecule has 0 spiro atoms. The van der Waals surface area contributed by atoms with Gasteiger partial charge in [0.25, 0.3) is 0 Å². The molecule has 0 radical (unpaired) electrons. The van der Waals surface area contributed by atoms with Crippen LogP contribution in [0.3, 0.4) is 0 Å². The second-order valence-electron chi connectivity index (χ2n) is 19.5. The van der Waals surface area contributed by atoms with Crippen LogP contribution >= 0.6 is 0 Å². The van der Waals surface area contributed by atoms with E-state index < -0.39 is 6.10 Å². The van der Waals surface area contributed by atoms with E-state index in [4.69, 9.17) is 14.2 Å². The number of allylic oxidation sites excluding steroid dienone is 16. The molecule has 6 heteroatoms. The minimum absolute atomic E-state index is 0.0883. The molecule has 0 aromatic rings. The second kappa shape index (κ2) is 58.9. The van der Waals surface area contributed by atoms with Gasteiger partial charge in [-0.15, -0.1) is 0 Å². The molecular formula is C65H110O6. The molecule has 0 aromatic heterocycles. The minimum atomic E-state index is -0.793. The predicted octanol–water partition coefficient (Wildman–Crippen LogP) is 20.1. The lowest BCUT2D eigenvalue weighted by atomic mass is 10.1. The molecule has 0 bridgehead atoms. The summed E-state index contributed by atoms with van der Waals surface area (Å²) in [6.07, 6.45) is 78.3. The first-order chi connectivity index (χ1) is 35.0. The van der Waals surface area contributed by atoms with Crippen molar-refractivity contribution in [1.29, 1.82) is 0 Å². The summed E-state index contributed by atoms with van der Waals surface area (Å²) >= 11 is 0. The normalized spacial score (nSPS) is 12.8. The molecular weight excluding hydrogens is 877 g/mol. The van der Waals surface area contributed by atoms with Gasteiger partial charge in [-0.1, -0.05) is 253 Å². The lowest BCUT2D eigenvalue weighted by Gasteiger charge is -2.18. The maximum Gasteiger partial charge on any atom is 0.306 e. The van der Waals surface area contributed by atoms with Gasteiger partial charge in [0, 0.05) is 19.3 Å². The Morgan fingerprint density at radius 2 is 0.549 bits per heavy atom. The Balaban J connectivity index is 4.39. The van der Waals surface area contributed by atoms with Crippen molar-refractivity contribution < 1.29 is 28.6 Å². The summed E-state index contributed by atoms with van der Waals surface area (Å²) in [5.74, 6) is -0.923. The van der Waals surface area contributed by atoms with E-state index in [-0.39, 0.29) is 31.1 Å². The largest absolute Gasteiger partial charge is 0.462 e. The molecule has 1 atom stereocenters. The van der Waals surface area contributed by atoms with Gasteiger partial charge in [-0.05, 0) is 103 Å². The van der Waals surface area contributed by atoms with Crippen LogP contribution in [0.2, 0.25) is 0 Å². The average Bonchev–Trinajstić information content (AvgIpc) is 3.37. The van der Waals surface area contributed by atoms with Crippen LogP contribution in [0.15, 0.2) is 97.2 Å². The van der Waals surface area contributed by atoms with E-state index in [0.29, 0.717) is 19.3 Å². The van der Waals surface area contributed by atoms with Crippen molar-refractivity contribution >= 4 is 17.9 Å². The Hall–Kier alpha value is -3.67. The molecule has 0 saturated carbocycles. The van der Waals surface area contributed by atoms with Gasteiger partial charge in [0.05, 0.1) is 0 Å². The zero-order valence-corrected chi connectivity index (χ0v) is 46.5. The first-order valence-electron chi connectivity index (χ1n) is 29.7. The molecule has 406 valence electrons. The molecule has 0 amide bonds. The van der Waals surface area contributed by atoms with E-state index in [0.717, 1.165) is 109 Å². The first kappa shape index (κ1) is 67.3. The van der Waals surface area contributed by atoms with Gasteiger partial charge in [0.2, 0.25) is 0 Å². The van der Waals surface area contributed by atoms with Gasteiger partial charge >= 0.3 is 17.9 Å². The third-order valence-electron chi connectivity index (χ3n) is 12.6. The minimum Gasteiger partial charge on any atom is -0.462 e. The zero-order chi connectivity index (χ0) is 51.4. The highest BCUT2D eigenvalue weighted by atomic mass is 16.6. The molecule has 0 fully saturated rings. The maximum atomic E-state index is 12.9. The Kier molecular flexibility index (Phi) is 55.9. The van der Waals surface area contributed by atoms with Crippen molar-refractivity contribution in [2.75, 3.05) is 13.2 Å². The number of carbonyl (C=O) groups is 3. The van der Waals surface area contributed by atoms with Crippen molar-refractivity contribution in [3.63, 3.8) is 0 Å². The quantitative estimate of drug-likeness (QED) is 0.0261. The average molecular weight is 988 g/mol. The van der Waals surface area contributed by atoms with Crippen LogP contribution in [0.25, 0.3) is 0 Å². The number of ether oxygens (including phenoxy) is 3. The number of unbranched alkanes of at least 4 members (excludes halogenated alkanes) is 26. The fraction of sp³-hybridized carbons (Fsp3) is 0.708. The Morgan fingerprint density at radius 3 is 0.887 bits per heavy atom. The summed E-state index contributed by atoms with van der Waals surface area (Å²) in [5, 5.41) is 0. The van der Waals surface area contributed by atoms with Gasteiger partial charge in [-0.2, -0.15) is 0 Å². The van der Waals surface area contributed by atoms with Gasteiger partial charge in [0.15, 0.2) is 6.10 Å². The van der Waals surface area contributed by atoms with Crippen molar-refractivity contribution in [2.24, 2.45) is 0 Å². The Labute approximate surface area is 438 Å². The number of hydrogen-bond acceptors (Lipinski definition) is 6. The predicted molar refractivity (Wildman–Crippen MR) is 307 cm³/mol. The monoisotopic (exact) mass is 987 g/mol. The molecule has 6 nitrogen and oxygen atoms in total. The molecule has 0 aromatic carbocycles. The maximum absolute atomic E-state index is 12.9. The Bertz CT molecular complexity index is 1410. The molecule has 0 N–H and O–H groups in total. The summed E-state index contributed by atoms with van der Waals surface area (Å²) in [7, 11) is 0. The highest BCUT2D eigenvalue weighted by Crippen LogP contribution is 2.15. The molecule has 0 aliphatic carbocycles. The van der Waals surface area contributed by atoms with E-state index in [1.54, 1.807) is 0 Å². The van der Waals surface area contributed by atoms with Crippen LogP contribution in [0.5, 0.6) is 0 Å². The van der Waals surface area contributed by atoms with E-state index in [1.807, 2.05) is 0 Å². The number of esters is 3. The third kappa shape index (κ3) is 57.1. The van der Waals surface area contributed by atoms with Crippen molar-refractivity contribution in [1.82, 2.24) is 0 Å². The van der Waals surface area contributed by atoms with Crippen LogP contribution < -0.4 is 0 Å². The molecule has 0 saturated heterocycles. The number of hydrogen-bond donors (Lipinski definition) is 0. The number of rotatable bonds is 53. The SMILES string of the molecule is CC/C=C\C/C=C\C/C=C\C/C=C\C/C=C\C/C=C\C/C=C\CCCCCC(=O)OCC(COC(=O)CCCCCCCCCCCCC)OC(=O)CCCCCCCCC/C=C\CCCCCCCC. The highest BCUT2D eigenvalue weighted by Gasteiger charge is 2.19. The smallest absolute Gasteiger partial charge is 0.306 e. The van der Waals surface area contributed by atoms with E-state index in [1.165, 1.54) is 128 Å². The molecule has 0 aliphatic heterocycles. The molecule has 0 rings (SSSR count). The van der Waals surface area contributed by atoms with Crippen molar-refractivity contribution in [2.45, 2.75) is 284 Å². The Morgan fingerprint density at radius 1 is 0.296 bits per heavy atom. The first-order valence-corrected chi connectivity index (χ1v) is 29.7. The highest BCUT2D eigenvalue weighted by molar-refractivity contribution is 5.71. The van der Waals surface area contributed by atoms with Gasteiger partial charge in [-0.25, -0.2) is 0 Å². The lowest BCUT2D eigenvalue weighted by Crippen LogP contribution is -2.30. The van der Waals surface area contributed by atoms with Gasteiger partial charge in [0.1, 0.15) is 13.2 Å². The molecule has 0 aliphatic rings. The summed E-state index contributed by atoms with van der Waals surface area (Å²) < 4.78 is 16.8. The van der Waals surface area contributed by atoms with E-state index in [2.05, 4.69) is 118 Å². The zero-order valence-electron chi connectivity index (χ0n) is 46.5. The summed E-state index contributed by atoms with van der Waals surface area (Å²) in [4.78, 5) is 38.1. The summed E-state index contributed by atoms with van der Waals surface area (Å²) in [6.45, 7) is 6.49. The van der Waals surface area contributed by atoms with E-state index >= 15 is 0 Å². The fourth-order valence-electron chi connectivity index (χ4n) is 8.12. The van der Waals surface area contributed by atoms with Crippen LogP contribution in [-0.2, 0) is 28.6 Å². The lowest BCUT2D eigenvalue weighted by molar-refractivity contribution is -0.167. The van der Waals surface area contributed by atoms with Crippen LogP contribution in [-0.4, -0.2) is 37.2 Å².